The summed E-state index contributed by atoms with van der Waals surface area (Å²) in [4.78, 5) is 5.88. The number of morpholine rings is 1. The van der Waals surface area contributed by atoms with Crippen LogP contribution in [-0.4, -0.2) is 44.4 Å². The van der Waals surface area contributed by atoms with E-state index >= 15 is 0 Å². The molecular formula is C23H28N4O. The van der Waals surface area contributed by atoms with Crippen molar-refractivity contribution in [2.24, 2.45) is 0 Å². The molecule has 3 heterocycles. The van der Waals surface area contributed by atoms with Gasteiger partial charge in [0.25, 0.3) is 0 Å². The van der Waals surface area contributed by atoms with Crippen molar-refractivity contribution in [2.75, 3.05) is 49.6 Å². The maximum Gasteiger partial charge on any atom is 0.0642 e. The molecule has 2 aliphatic heterocycles. The molecule has 0 spiro atoms. The van der Waals surface area contributed by atoms with Crippen molar-refractivity contribution < 1.29 is 4.74 Å². The molecule has 3 aromatic rings. The second kappa shape index (κ2) is 7.86. The van der Waals surface area contributed by atoms with E-state index in [1.54, 1.807) is 0 Å². The molecular weight excluding hydrogens is 348 g/mol. The molecule has 2 aliphatic rings. The molecule has 0 atom stereocenters. The van der Waals surface area contributed by atoms with Gasteiger partial charge >= 0.3 is 0 Å². The summed E-state index contributed by atoms with van der Waals surface area (Å²) in [6.45, 7) is 5.77. The molecule has 0 unspecified atom stereocenters. The predicted octanol–water partition coefficient (Wildman–Crippen LogP) is 4.22. The van der Waals surface area contributed by atoms with Crippen LogP contribution in [0.5, 0.6) is 0 Å². The number of hydrogen-bond donors (Lipinski definition) is 3. The van der Waals surface area contributed by atoms with E-state index in [1.807, 2.05) is 0 Å². The molecule has 5 rings (SSSR count). The number of anilines is 3. The molecule has 28 heavy (non-hydrogen) atoms. The van der Waals surface area contributed by atoms with E-state index in [0.717, 1.165) is 50.8 Å². The van der Waals surface area contributed by atoms with Crippen LogP contribution in [0.25, 0.3) is 10.9 Å². The zero-order valence-electron chi connectivity index (χ0n) is 16.2. The first-order chi connectivity index (χ1) is 13.9. The van der Waals surface area contributed by atoms with Crippen LogP contribution in [0.15, 0.2) is 48.7 Å². The Hall–Kier alpha value is -2.50. The molecule has 2 fully saturated rings. The smallest absolute Gasteiger partial charge is 0.0642 e. The van der Waals surface area contributed by atoms with E-state index in [0.29, 0.717) is 5.92 Å². The highest BCUT2D eigenvalue weighted by Crippen LogP contribution is 2.33. The maximum absolute atomic E-state index is 5.47. The number of fused-ring (bicyclic) bond motifs is 1. The number of aromatic nitrogens is 1. The third-order valence-electron chi connectivity index (χ3n) is 6.00. The van der Waals surface area contributed by atoms with Crippen LogP contribution < -0.4 is 15.5 Å². The summed E-state index contributed by atoms with van der Waals surface area (Å²) in [7, 11) is 0. The Morgan fingerprint density at radius 3 is 2.64 bits per heavy atom. The average molecular weight is 377 g/mol. The van der Waals surface area contributed by atoms with E-state index in [1.165, 1.54) is 35.0 Å². The third-order valence-corrected chi connectivity index (χ3v) is 6.00. The Bertz CT molecular complexity index is 939. The molecule has 0 amide bonds. The van der Waals surface area contributed by atoms with Gasteiger partial charge < -0.3 is 25.3 Å². The first-order valence-corrected chi connectivity index (χ1v) is 10.4. The van der Waals surface area contributed by atoms with Gasteiger partial charge in [-0.25, -0.2) is 0 Å². The highest BCUT2D eigenvalue weighted by atomic mass is 16.5. The van der Waals surface area contributed by atoms with Gasteiger partial charge in [-0.1, -0.05) is 12.1 Å². The van der Waals surface area contributed by atoms with Gasteiger partial charge in [0.2, 0.25) is 0 Å². The minimum Gasteiger partial charge on any atom is -0.378 e. The third kappa shape index (κ3) is 3.60. The first kappa shape index (κ1) is 17.6. The SMILES string of the molecule is c1cc(Nc2ccc3c(C4CCNCC4)c[nH]c3c2)cc(N2CCOCC2)c1. The van der Waals surface area contributed by atoms with Crippen LogP contribution in [-0.2, 0) is 4.74 Å². The number of nitrogens with zero attached hydrogens (tertiary/aromatic N) is 1. The zero-order valence-corrected chi connectivity index (χ0v) is 16.2. The summed E-state index contributed by atoms with van der Waals surface area (Å²) in [5, 5.41) is 8.40. The molecule has 1 aromatic heterocycles. The van der Waals surface area contributed by atoms with E-state index in [2.05, 4.69) is 69.2 Å². The quantitative estimate of drug-likeness (QED) is 0.638. The van der Waals surface area contributed by atoms with E-state index in [-0.39, 0.29) is 0 Å². The van der Waals surface area contributed by atoms with Gasteiger partial charge in [-0.3, -0.25) is 0 Å². The summed E-state index contributed by atoms with van der Waals surface area (Å²) in [5.74, 6) is 0.666. The van der Waals surface area contributed by atoms with Crippen molar-refractivity contribution in [2.45, 2.75) is 18.8 Å². The molecule has 5 nitrogen and oxygen atoms in total. The number of aromatic amines is 1. The van der Waals surface area contributed by atoms with Crippen molar-refractivity contribution >= 4 is 28.0 Å². The van der Waals surface area contributed by atoms with Crippen molar-refractivity contribution in [1.82, 2.24) is 10.3 Å². The lowest BCUT2D eigenvalue weighted by atomic mass is 9.90. The van der Waals surface area contributed by atoms with Crippen molar-refractivity contribution in [1.29, 1.82) is 0 Å². The summed E-state index contributed by atoms with van der Waals surface area (Å²) in [5.41, 5.74) is 6.17. The molecule has 0 bridgehead atoms. The number of ether oxygens (including phenoxy) is 1. The summed E-state index contributed by atoms with van der Waals surface area (Å²) >= 11 is 0. The fraction of sp³-hybridized carbons (Fsp3) is 0.391. The van der Waals surface area contributed by atoms with Gasteiger partial charge in [-0.2, -0.15) is 0 Å². The fourth-order valence-corrected chi connectivity index (χ4v) is 4.47. The number of benzene rings is 2. The normalized spacial score (nSPS) is 18.5. The fourth-order valence-electron chi connectivity index (χ4n) is 4.47. The summed E-state index contributed by atoms with van der Waals surface area (Å²) in [6.07, 6.45) is 4.66. The Morgan fingerprint density at radius 1 is 0.964 bits per heavy atom. The van der Waals surface area contributed by atoms with E-state index < -0.39 is 0 Å². The van der Waals surface area contributed by atoms with Crippen LogP contribution in [0.1, 0.15) is 24.3 Å². The lowest BCUT2D eigenvalue weighted by Crippen LogP contribution is -2.36. The molecule has 2 saturated heterocycles. The van der Waals surface area contributed by atoms with Crippen LogP contribution in [0.2, 0.25) is 0 Å². The van der Waals surface area contributed by atoms with Crippen molar-refractivity contribution in [3.8, 4) is 0 Å². The van der Waals surface area contributed by atoms with Crippen LogP contribution in [0.3, 0.4) is 0 Å². The van der Waals surface area contributed by atoms with Crippen molar-refractivity contribution in [3.63, 3.8) is 0 Å². The average Bonchev–Trinajstić information content (AvgIpc) is 3.18. The number of hydrogen-bond acceptors (Lipinski definition) is 4. The molecule has 0 radical (unpaired) electrons. The van der Waals surface area contributed by atoms with Crippen molar-refractivity contribution in [3.05, 3.63) is 54.2 Å². The Kier molecular flexibility index (Phi) is 4.93. The van der Waals surface area contributed by atoms with Gasteiger partial charge in [0, 0.05) is 47.3 Å². The second-order valence-corrected chi connectivity index (χ2v) is 7.80. The Morgan fingerprint density at radius 2 is 1.79 bits per heavy atom. The topological polar surface area (TPSA) is 52.3 Å². The molecule has 3 N–H and O–H groups in total. The molecule has 5 heteroatoms. The maximum atomic E-state index is 5.47. The number of nitrogens with one attached hydrogen (secondary N) is 3. The largest absolute Gasteiger partial charge is 0.378 e. The molecule has 2 aromatic carbocycles. The number of piperidine rings is 1. The predicted molar refractivity (Wildman–Crippen MR) is 116 cm³/mol. The minimum absolute atomic E-state index is 0.666. The zero-order chi connectivity index (χ0) is 18.8. The standard InChI is InChI=1S/C23H28N4O/c1-2-18(14-20(3-1)27-10-12-28-13-11-27)26-19-4-5-21-22(16-25-23(21)15-19)17-6-8-24-9-7-17/h1-5,14-17,24-26H,6-13H2. The van der Waals surface area contributed by atoms with Crippen LogP contribution in [0, 0.1) is 0 Å². The van der Waals surface area contributed by atoms with Crippen LogP contribution >= 0.6 is 0 Å². The molecule has 0 saturated carbocycles. The van der Waals surface area contributed by atoms with Gasteiger partial charge in [-0.15, -0.1) is 0 Å². The van der Waals surface area contributed by atoms with E-state index in [4.69, 9.17) is 4.74 Å². The minimum atomic E-state index is 0.666. The summed E-state index contributed by atoms with van der Waals surface area (Å²) in [6, 6.07) is 15.3. The van der Waals surface area contributed by atoms with Gasteiger partial charge in [-0.05, 0) is 67.7 Å². The lowest BCUT2D eigenvalue weighted by molar-refractivity contribution is 0.122. The van der Waals surface area contributed by atoms with Gasteiger partial charge in [0.05, 0.1) is 13.2 Å². The number of H-pyrrole nitrogens is 1. The van der Waals surface area contributed by atoms with E-state index in [9.17, 15) is 0 Å². The Balaban J connectivity index is 1.35. The number of rotatable bonds is 4. The first-order valence-electron chi connectivity index (χ1n) is 10.4. The highest BCUT2D eigenvalue weighted by Gasteiger charge is 2.18. The molecule has 0 aliphatic carbocycles. The highest BCUT2D eigenvalue weighted by molar-refractivity contribution is 5.87. The second-order valence-electron chi connectivity index (χ2n) is 7.80. The monoisotopic (exact) mass is 376 g/mol. The molecule has 146 valence electrons. The lowest BCUT2D eigenvalue weighted by Gasteiger charge is -2.29. The van der Waals surface area contributed by atoms with Gasteiger partial charge in [0.1, 0.15) is 0 Å². The Labute approximate surface area is 166 Å². The summed E-state index contributed by atoms with van der Waals surface area (Å²) < 4.78 is 5.47. The van der Waals surface area contributed by atoms with Gasteiger partial charge in [0.15, 0.2) is 0 Å². The van der Waals surface area contributed by atoms with Crippen LogP contribution in [0.4, 0.5) is 17.1 Å².